The van der Waals surface area contributed by atoms with Crippen molar-refractivity contribution in [3.8, 4) is 0 Å². The van der Waals surface area contributed by atoms with Crippen molar-refractivity contribution in [3.63, 3.8) is 0 Å². The third kappa shape index (κ3) is 1.70. The van der Waals surface area contributed by atoms with Gasteiger partial charge in [0.15, 0.2) is 0 Å². The van der Waals surface area contributed by atoms with Gasteiger partial charge in [-0.3, -0.25) is 0 Å². The molecule has 1 unspecified atom stereocenters. The molecule has 0 aromatic carbocycles. The molecule has 0 aliphatic rings. The lowest BCUT2D eigenvalue weighted by atomic mass is 10.1. The fourth-order valence-electron chi connectivity index (χ4n) is 1.94. The number of aliphatic hydroxyl groups is 1. The summed E-state index contributed by atoms with van der Waals surface area (Å²) < 4.78 is 0. The standard InChI is InChI=1S/C13H17NOS/c1-7-5-6-16-13(7)12(15)11-9(3)8(2)10(4)14-11/h5-6,12,14-15H,1-4H3. The maximum Gasteiger partial charge on any atom is 0.128 e. The van der Waals surface area contributed by atoms with Gasteiger partial charge in [-0.15, -0.1) is 11.3 Å². The molecule has 0 fully saturated rings. The first-order valence-corrected chi connectivity index (χ1v) is 6.28. The number of aryl methyl sites for hydroxylation is 2. The number of thiophene rings is 1. The number of aromatic nitrogens is 1. The van der Waals surface area contributed by atoms with Crippen LogP contribution in [0.25, 0.3) is 0 Å². The highest BCUT2D eigenvalue weighted by Gasteiger charge is 2.19. The first kappa shape index (κ1) is 11.4. The van der Waals surface area contributed by atoms with Crippen molar-refractivity contribution in [2.75, 3.05) is 0 Å². The van der Waals surface area contributed by atoms with E-state index in [-0.39, 0.29) is 0 Å². The molecular weight excluding hydrogens is 218 g/mol. The molecule has 1 atom stereocenters. The zero-order valence-corrected chi connectivity index (χ0v) is 10.9. The summed E-state index contributed by atoms with van der Waals surface area (Å²) in [7, 11) is 0. The van der Waals surface area contributed by atoms with Crippen LogP contribution in [0.4, 0.5) is 0 Å². The van der Waals surface area contributed by atoms with Gasteiger partial charge in [-0.25, -0.2) is 0 Å². The van der Waals surface area contributed by atoms with Crippen LogP contribution in [0, 0.1) is 27.7 Å². The third-order valence-electron chi connectivity index (χ3n) is 3.27. The first-order valence-electron chi connectivity index (χ1n) is 5.40. The van der Waals surface area contributed by atoms with Gasteiger partial charge in [0.1, 0.15) is 6.10 Å². The van der Waals surface area contributed by atoms with E-state index in [2.05, 4.69) is 18.8 Å². The van der Waals surface area contributed by atoms with Crippen LogP contribution in [0.3, 0.4) is 0 Å². The van der Waals surface area contributed by atoms with Gasteiger partial charge >= 0.3 is 0 Å². The van der Waals surface area contributed by atoms with Crippen LogP contribution in [0.2, 0.25) is 0 Å². The Balaban J connectivity index is 2.45. The van der Waals surface area contributed by atoms with Crippen molar-refractivity contribution in [2.45, 2.75) is 33.8 Å². The lowest BCUT2D eigenvalue weighted by molar-refractivity contribution is 0.218. The highest BCUT2D eigenvalue weighted by atomic mass is 32.1. The van der Waals surface area contributed by atoms with Gasteiger partial charge in [0.05, 0.1) is 5.69 Å². The topological polar surface area (TPSA) is 36.0 Å². The third-order valence-corrected chi connectivity index (χ3v) is 4.35. The van der Waals surface area contributed by atoms with Crippen LogP contribution in [-0.4, -0.2) is 10.1 Å². The number of hydrogen-bond donors (Lipinski definition) is 2. The second-order valence-corrected chi connectivity index (χ2v) is 5.23. The van der Waals surface area contributed by atoms with Crippen LogP contribution in [-0.2, 0) is 0 Å². The zero-order chi connectivity index (χ0) is 11.9. The zero-order valence-electron chi connectivity index (χ0n) is 10.1. The predicted octanol–water partition coefficient (Wildman–Crippen LogP) is 3.39. The molecule has 0 amide bonds. The van der Waals surface area contributed by atoms with E-state index in [1.165, 1.54) is 5.56 Å². The maximum absolute atomic E-state index is 10.4. The Bertz CT molecular complexity index is 510. The highest BCUT2D eigenvalue weighted by molar-refractivity contribution is 7.10. The minimum atomic E-state index is -0.521. The summed E-state index contributed by atoms with van der Waals surface area (Å²) in [5, 5.41) is 12.4. The minimum absolute atomic E-state index is 0.521. The number of nitrogens with one attached hydrogen (secondary N) is 1. The summed E-state index contributed by atoms with van der Waals surface area (Å²) in [6.07, 6.45) is -0.521. The average molecular weight is 235 g/mol. The first-order chi connectivity index (χ1) is 7.52. The molecule has 0 spiro atoms. The molecule has 86 valence electrons. The number of rotatable bonds is 2. The Morgan fingerprint density at radius 3 is 2.31 bits per heavy atom. The van der Waals surface area contributed by atoms with Crippen LogP contribution < -0.4 is 0 Å². The summed E-state index contributed by atoms with van der Waals surface area (Å²) in [4.78, 5) is 4.32. The molecule has 2 nitrogen and oxygen atoms in total. The number of H-pyrrole nitrogens is 1. The van der Waals surface area contributed by atoms with Gasteiger partial charge < -0.3 is 10.1 Å². The quantitative estimate of drug-likeness (QED) is 0.822. The number of aromatic amines is 1. The van der Waals surface area contributed by atoms with Crippen molar-refractivity contribution in [3.05, 3.63) is 44.4 Å². The second kappa shape index (κ2) is 4.07. The molecule has 0 aliphatic carbocycles. The molecule has 0 saturated heterocycles. The number of hydrogen-bond acceptors (Lipinski definition) is 2. The van der Waals surface area contributed by atoms with E-state index in [1.807, 2.05) is 25.3 Å². The smallest absolute Gasteiger partial charge is 0.128 e. The summed E-state index contributed by atoms with van der Waals surface area (Å²) in [6, 6.07) is 2.04. The summed E-state index contributed by atoms with van der Waals surface area (Å²) >= 11 is 1.61. The van der Waals surface area contributed by atoms with Gasteiger partial charge in [-0.1, -0.05) is 0 Å². The van der Waals surface area contributed by atoms with Crippen LogP contribution >= 0.6 is 11.3 Å². The molecule has 0 radical (unpaired) electrons. The normalized spacial score (nSPS) is 13.1. The van der Waals surface area contributed by atoms with E-state index in [4.69, 9.17) is 0 Å². The largest absolute Gasteiger partial charge is 0.381 e. The van der Waals surface area contributed by atoms with Gasteiger partial charge in [0.25, 0.3) is 0 Å². The Hall–Kier alpha value is -1.06. The van der Waals surface area contributed by atoms with Crippen molar-refractivity contribution >= 4 is 11.3 Å². The predicted molar refractivity (Wildman–Crippen MR) is 68.1 cm³/mol. The van der Waals surface area contributed by atoms with Crippen molar-refractivity contribution in [2.24, 2.45) is 0 Å². The van der Waals surface area contributed by atoms with Gasteiger partial charge in [-0.2, -0.15) is 0 Å². The van der Waals surface area contributed by atoms with E-state index in [1.54, 1.807) is 11.3 Å². The van der Waals surface area contributed by atoms with Crippen molar-refractivity contribution in [1.82, 2.24) is 4.98 Å². The fraction of sp³-hybridized carbons (Fsp3) is 0.385. The molecule has 3 heteroatoms. The molecule has 16 heavy (non-hydrogen) atoms. The maximum atomic E-state index is 10.4. The lowest BCUT2D eigenvalue weighted by Crippen LogP contribution is -2.01. The molecule has 2 N–H and O–H groups in total. The molecular formula is C13H17NOS. The molecule has 0 saturated carbocycles. The van der Waals surface area contributed by atoms with E-state index in [0.717, 1.165) is 27.4 Å². The van der Waals surface area contributed by atoms with E-state index >= 15 is 0 Å². The Morgan fingerprint density at radius 1 is 1.19 bits per heavy atom. The molecule has 2 aromatic heterocycles. The van der Waals surface area contributed by atoms with Crippen LogP contribution in [0.1, 0.15) is 39.1 Å². The highest BCUT2D eigenvalue weighted by Crippen LogP contribution is 2.32. The molecule has 0 aliphatic heterocycles. The SMILES string of the molecule is Cc1ccsc1C(O)c1[nH]c(C)c(C)c1C. The van der Waals surface area contributed by atoms with Crippen molar-refractivity contribution in [1.29, 1.82) is 0 Å². The molecule has 2 rings (SSSR count). The summed E-state index contributed by atoms with van der Waals surface area (Å²) in [5.41, 5.74) is 5.63. The van der Waals surface area contributed by atoms with Gasteiger partial charge in [-0.05, 0) is 55.8 Å². The van der Waals surface area contributed by atoms with Crippen LogP contribution in [0.5, 0.6) is 0 Å². The molecule has 2 aromatic rings. The molecule has 2 heterocycles. The Kier molecular flexibility index (Phi) is 2.91. The van der Waals surface area contributed by atoms with E-state index < -0.39 is 6.10 Å². The second-order valence-electron chi connectivity index (χ2n) is 4.28. The molecule has 0 bridgehead atoms. The summed E-state index contributed by atoms with van der Waals surface area (Å²) in [5.74, 6) is 0. The minimum Gasteiger partial charge on any atom is -0.381 e. The fourth-order valence-corrected chi connectivity index (χ4v) is 2.86. The lowest BCUT2D eigenvalue weighted by Gasteiger charge is -2.10. The Morgan fingerprint density at radius 2 is 1.88 bits per heavy atom. The van der Waals surface area contributed by atoms with Gasteiger partial charge in [0.2, 0.25) is 0 Å². The van der Waals surface area contributed by atoms with Crippen molar-refractivity contribution < 1.29 is 5.11 Å². The Labute approximate surface area is 100.0 Å². The van der Waals surface area contributed by atoms with Gasteiger partial charge in [0, 0.05) is 10.6 Å². The average Bonchev–Trinajstić information content (AvgIpc) is 2.77. The summed E-state index contributed by atoms with van der Waals surface area (Å²) in [6.45, 7) is 8.21. The monoisotopic (exact) mass is 235 g/mol. The number of aliphatic hydroxyl groups excluding tert-OH is 1. The van der Waals surface area contributed by atoms with Crippen LogP contribution in [0.15, 0.2) is 11.4 Å². The van der Waals surface area contributed by atoms with E-state index in [9.17, 15) is 5.11 Å². The van der Waals surface area contributed by atoms with E-state index in [0.29, 0.717) is 0 Å².